The second-order valence-electron chi connectivity index (χ2n) is 7.14. The van der Waals surface area contributed by atoms with E-state index in [4.69, 9.17) is 0 Å². The zero-order valence-electron chi connectivity index (χ0n) is 14.3. The molecule has 0 aromatic rings. The van der Waals surface area contributed by atoms with E-state index in [9.17, 15) is 10.1 Å². The lowest BCUT2D eigenvalue weighted by molar-refractivity contribution is -0.123. The van der Waals surface area contributed by atoms with Crippen LogP contribution in [0.15, 0.2) is 0 Å². The van der Waals surface area contributed by atoms with Crippen LogP contribution in [-0.4, -0.2) is 36.0 Å². The van der Waals surface area contributed by atoms with E-state index in [0.717, 1.165) is 45.3 Å². The summed E-state index contributed by atoms with van der Waals surface area (Å²) in [6, 6.07) is 2.35. The highest BCUT2D eigenvalue weighted by Gasteiger charge is 2.35. The molecule has 1 N–H and O–H groups in total. The first-order valence-electron chi connectivity index (χ1n) is 7.75. The van der Waals surface area contributed by atoms with Gasteiger partial charge in [-0.25, -0.2) is 0 Å². The highest BCUT2D eigenvalue weighted by molar-refractivity contribution is 5.85. The first-order valence-corrected chi connectivity index (χ1v) is 7.75. The number of piperidine rings is 1. The van der Waals surface area contributed by atoms with Crippen LogP contribution in [0.2, 0.25) is 0 Å². The SMILES string of the molecule is CCCN1CCC(C#N)(NC(=O)CCC(C)(C)C)CC1.Cl.Cl. The normalized spacial score (nSPS) is 17.6. The third kappa shape index (κ3) is 8.22. The van der Waals surface area contributed by atoms with Gasteiger partial charge in [-0.2, -0.15) is 5.26 Å². The first kappa shape index (κ1) is 23.8. The fraction of sp³-hybridized carbons (Fsp3) is 0.875. The van der Waals surface area contributed by atoms with Crippen molar-refractivity contribution in [2.75, 3.05) is 19.6 Å². The standard InChI is InChI=1S/C16H29N3O.2ClH/c1-5-10-19-11-8-16(13-17,9-12-19)18-14(20)6-7-15(2,3)4;;/h5-12H2,1-4H3,(H,18,20);2*1H. The number of nitrogens with one attached hydrogen (secondary N) is 1. The van der Waals surface area contributed by atoms with Crippen molar-refractivity contribution in [1.29, 1.82) is 5.26 Å². The van der Waals surface area contributed by atoms with E-state index in [2.05, 4.69) is 44.0 Å². The molecule has 1 amide bonds. The molecule has 1 rings (SSSR count). The average molecular weight is 352 g/mol. The van der Waals surface area contributed by atoms with Crippen LogP contribution in [0.25, 0.3) is 0 Å². The molecule has 0 aromatic carbocycles. The van der Waals surface area contributed by atoms with E-state index in [1.54, 1.807) is 0 Å². The molecule has 6 heteroatoms. The van der Waals surface area contributed by atoms with E-state index >= 15 is 0 Å². The second kappa shape index (κ2) is 10.3. The number of amides is 1. The minimum absolute atomic E-state index is 0. The number of rotatable bonds is 5. The molecule has 130 valence electrons. The summed E-state index contributed by atoms with van der Waals surface area (Å²) in [7, 11) is 0. The van der Waals surface area contributed by atoms with E-state index in [-0.39, 0.29) is 36.1 Å². The van der Waals surface area contributed by atoms with Gasteiger partial charge in [0, 0.05) is 19.5 Å². The Morgan fingerprint density at radius 3 is 2.23 bits per heavy atom. The van der Waals surface area contributed by atoms with E-state index in [0.29, 0.717) is 6.42 Å². The maximum Gasteiger partial charge on any atom is 0.221 e. The molecular formula is C16H31Cl2N3O. The number of halogens is 2. The summed E-state index contributed by atoms with van der Waals surface area (Å²) < 4.78 is 0. The van der Waals surface area contributed by atoms with Crippen molar-refractivity contribution in [3.8, 4) is 6.07 Å². The van der Waals surface area contributed by atoms with Crippen molar-refractivity contribution in [2.45, 2.75) is 65.3 Å². The van der Waals surface area contributed by atoms with Gasteiger partial charge in [-0.1, -0.05) is 27.7 Å². The van der Waals surface area contributed by atoms with E-state index < -0.39 is 5.54 Å². The summed E-state index contributed by atoms with van der Waals surface area (Å²) in [6.07, 6.45) is 3.97. The lowest BCUT2D eigenvalue weighted by Gasteiger charge is -2.37. The maximum atomic E-state index is 12.1. The van der Waals surface area contributed by atoms with Crippen molar-refractivity contribution >= 4 is 30.7 Å². The van der Waals surface area contributed by atoms with Gasteiger partial charge in [-0.3, -0.25) is 4.79 Å². The molecule has 1 saturated heterocycles. The first-order chi connectivity index (χ1) is 9.30. The Morgan fingerprint density at radius 2 is 1.82 bits per heavy atom. The van der Waals surface area contributed by atoms with Gasteiger partial charge in [-0.05, 0) is 37.6 Å². The smallest absolute Gasteiger partial charge is 0.221 e. The minimum atomic E-state index is -0.640. The Labute approximate surface area is 147 Å². The molecule has 0 radical (unpaired) electrons. The number of likely N-dealkylation sites (tertiary alicyclic amines) is 1. The number of carbonyl (C=O) groups excluding carboxylic acids is 1. The molecule has 0 saturated carbocycles. The Bertz CT molecular complexity index is 367. The Kier molecular flexibility index (Phi) is 11.1. The molecular weight excluding hydrogens is 321 g/mol. The highest BCUT2D eigenvalue weighted by atomic mass is 35.5. The Morgan fingerprint density at radius 1 is 1.27 bits per heavy atom. The highest BCUT2D eigenvalue weighted by Crippen LogP contribution is 2.24. The summed E-state index contributed by atoms with van der Waals surface area (Å²) in [5.41, 5.74) is -0.485. The van der Waals surface area contributed by atoms with E-state index in [1.807, 2.05) is 0 Å². The lowest BCUT2D eigenvalue weighted by atomic mass is 9.87. The molecule has 1 heterocycles. The molecule has 0 bridgehead atoms. The summed E-state index contributed by atoms with van der Waals surface area (Å²) in [5.74, 6) is 0.0189. The zero-order valence-corrected chi connectivity index (χ0v) is 15.9. The van der Waals surface area contributed by atoms with Crippen molar-refractivity contribution < 1.29 is 4.79 Å². The van der Waals surface area contributed by atoms with Crippen molar-refractivity contribution in [3.63, 3.8) is 0 Å². The summed E-state index contributed by atoms with van der Waals surface area (Å²) in [4.78, 5) is 14.4. The summed E-state index contributed by atoms with van der Waals surface area (Å²) in [6.45, 7) is 11.4. The molecule has 0 spiro atoms. The number of hydrogen-bond donors (Lipinski definition) is 1. The van der Waals surface area contributed by atoms with Crippen LogP contribution in [0.5, 0.6) is 0 Å². The molecule has 0 aliphatic carbocycles. The predicted octanol–water partition coefficient (Wildman–Crippen LogP) is 3.54. The predicted molar refractivity (Wildman–Crippen MR) is 95.6 cm³/mol. The topological polar surface area (TPSA) is 56.1 Å². The van der Waals surface area contributed by atoms with Gasteiger partial charge in [0.05, 0.1) is 6.07 Å². The molecule has 22 heavy (non-hydrogen) atoms. The minimum Gasteiger partial charge on any atom is -0.338 e. The monoisotopic (exact) mass is 351 g/mol. The molecule has 1 fully saturated rings. The molecule has 0 aromatic heterocycles. The van der Waals surface area contributed by atoms with Crippen LogP contribution in [0.1, 0.15) is 59.8 Å². The van der Waals surface area contributed by atoms with Gasteiger partial charge in [-0.15, -0.1) is 24.8 Å². The van der Waals surface area contributed by atoms with Crippen molar-refractivity contribution in [3.05, 3.63) is 0 Å². The van der Waals surface area contributed by atoms with Crippen LogP contribution in [0.3, 0.4) is 0 Å². The number of hydrogen-bond acceptors (Lipinski definition) is 3. The van der Waals surface area contributed by atoms with Gasteiger partial charge in [0.2, 0.25) is 5.91 Å². The summed E-state index contributed by atoms with van der Waals surface area (Å²) in [5, 5.41) is 12.4. The fourth-order valence-corrected chi connectivity index (χ4v) is 2.56. The quantitative estimate of drug-likeness (QED) is 0.823. The summed E-state index contributed by atoms with van der Waals surface area (Å²) >= 11 is 0. The van der Waals surface area contributed by atoms with Gasteiger partial charge in [0.1, 0.15) is 5.54 Å². The van der Waals surface area contributed by atoms with Crippen LogP contribution in [0, 0.1) is 16.7 Å². The molecule has 0 unspecified atom stereocenters. The molecule has 4 nitrogen and oxygen atoms in total. The van der Waals surface area contributed by atoms with Gasteiger partial charge in [0.15, 0.2) is 0 Å². The van der Waals surface area contributed by atoms with Crippen LogP contribution < -0.4 is 5.32 Å². The van der Waals surface area contributed by atoms with Crippen molar-refractivity contribution in [1.82, 2.24) is 10.2 Å². The van der Waals surface area contributed by atoms with Gasteiger partial charge in [0.25, 0.3) is 0 Å². The Hall–Kier alpha value is -0.500. The van der Waals surface area contributed by atoms with Crippen LogP contribution in [-0.2, 0) is 4.79 Å². The van der Waals surface area contributed by atoms with E-state index in [1.165, 1.54) is 0 Å². The largest absolute Gasteiger partial charge is 0.338 e. The van der Waals surface area contributed by atoms with Crippen LogP contribution in [0.4, 0.5) is 0 Å². The number of nitriles is 1. The third-order valence-corrected chi connectivity index (χ3v) is 3.94. The maximum absolute atomic E-state index is 12.1. The fourth-order valence-electron chi connectivity index (χ4n) is 2.56. The lowest BCUT2D eigenvalue weighted by Crippen LogP contribution is -2.54. The Balaban J connectivity index is 0. The van der Waals surface area contributed by atoms with Gasteiger partial charge < -0.3 is 10.2 Å². The van der Waals surface area contributed by atoms with Gasteiger partial charge >= 0.3 is 0 Å². The zero-order chi connectivity index (χ0) is 15.2. The van der Waals surface area contributed by atoms with Crippen molar-refractivity contribution in [2.24, 2.45) is 5.41 Å². The number of carbonyl (C=O) groups is 1. The second-order valence-corrected chi connectivity index (χ2v) is 7.14. The average Bonchev–Trinajstić information content (AvgIpc) is 2.38. The number of nitrogens with zero attached hydrogens (tertiary/aromatic N) is 2. The van der Waals surface area contributed by atoms with Crippen LogP contribution >= 0.6 is 24.8 Å². The molecule has 0 atom stereocenters. The third-order valence-electron chi connectivity index (χ3n) is 3.94. The molecule has 1 aliphatic heterocycles. The molecule has 1 aliphatic rings.